The van der Waals surface area contributed by atoms with Crippen LogP contribution >= 0.6 is 11.3 Å². The SMILES string of the molecule is CN(CC(=O)NC(C)(C)C)C(=O)Cn1cnc2sc3c(c2c1=O)CCCC3. The number of carbonyl (C=O) groups is 2. The van der Waals surface area contributed by atoms with E-state index in [1.165, 1.54) is 20.7 Å². The highest BCUT2D eigenvalue weighted by molar-refractivity contribution is 7.18. The van der Waals surface area contributed by atoms with Crippen LogP contribution in [-0.2, 0) is 29.0 Å². The summed E-state index contributed by atoms with van der Waals surface area (Å²) in [4.78, 5) is 45.2. The number of nitrogens with one attached hydrogen (secondary N) is 1. The Bertz CT molecular complexity index is 939. The van der Waals surface area contributed by atoms with Gasteiger partial charge in [0.25, 0.3) is 5.56 Å². The number of likely N-dealkylation sites (N-methyl/N-ethyl adjacent to an activating group) is 1. The van der Waals surface area contributed by atoms with Gasteiger partial charge >= 0.3 is 0 Å². The quantitative estimate of drug-likeness (QED) is 0.861. The second-order valence-electron chi connectivity index (χ2n) is 8.12. The first-order valence-corrected chi connectivity index (χ1v) is 10.0. The van der Waals surface area contributed by atoms with Crippen LogP contribution in [-0.4, -0.2) is 45.4 Å². The Morgan fingerprint density at radius 2 is 2.00 bits per heavy atom. The Kier molecular flexibility index (Phi) is 5.37. The molecule has 8 heteroatoms. The van der Waals surface area contributed by atoms with E-state index in [4.69, 9.17) is 0 Å². The third-order valence-corrected chi connectivity index (χ3v) is 5.77. The molecule has 0 unspecified atom stereocenters. The maximum Gasteiger partial charge on any atom is 0.262 e. The van der Waals surface area contributed by atoms with Crippen LogP contribution in [0.25, 0.3) is 10.2 Å². The zero-order valence-corrected chi connectivity index (χ0v) is 17.1. The number of carbonyl (C=O) groups excluding carboxylic acids is 2. The highest BCUT2D eigenvalue weighted by Gasteiger charge is 2.22. The normalized spacial score (nSPS) is 14.1. The van der Waals surface area contributed by atoms with Crippen molar-refractivity contribution >= 4 is 33.4 Å². The maximum absolute atomic E-state index is 12.9. The van der Waals surface area contributed by atoms with Crippen LogP contribution in [0.5, 0.6) is 0 Å². The van der Waals surface area contributed by atoms with Crippen molar-refractivity contribution < 1.29 is 9.59 Å². The lowest BCUT2D eigenvalue weighted by molar-refractivity contribution is -0.135. The molecular weight excluding hydrogens is 364 g/mol. The fraction of sp³-hybridized carbons (Fsp3) is 0.579. The summed E-state index contributed by atoms with van der Waals surface area (Å²) in [6.07, 6.45) is 5.57. The number of nitrogens with zero attached hydrogens (tertiary/aromatic N) is 3. The molecule has 0 aromatic carbocycles. The van der Waals surface area contributed by atoms with Crippen molar-refractivity contribution in [3.63, 3.8) is 0 Å². The first-order chi connectivity index (χ1) is 12.7. The minimum atomic E-state index is -0.356. The summed E-state index contributed by atoms with van der Waals surface area (Å²) in [6.45, 7) is 5.48. The minimum Gasteiger partial charge on any atom is -0.350 e. The van der Waals surface area contributed by atoms with E-state index < -0.39 is 0 Å². The molecule has 0 atom stereocenters. The molecule has 0 radical (unpaired) electrons. The molecule has 7 nitrogen and oxygen atoms in total. The number of fused-ring (bicyclic) bond motifs is 3. The molecule has 3 rings (SSSR count). The van der Waals surface area contributed by atoms with E-state index in [0.717, 1.165) is 36.1 Å². The maximum atomic E-state index is 12.9. The number of aryl methyl sites for hydroxylation is 2. The molecule has 0 saturated carbocycles. The van der Waals surface area contributed by atoms with Crippen molar-refractivity contribution in [2.24, 2.45) is 0 Å². The summed E-state index contributed by atoms with van der Waals surface area (Å²) < 4.78 is 1.35. The monoisotopic (exact) mass is 390 g/mol. The molecular formula is C19H26N4O3S. The van der Waals surface area contributed by atoms with Gasteiger partial charge in [0.15, 0.2) is 0 Å². The van der Waals surface area contributed by atoms with Crippen molar-refractivity contribution in [3.8, 4) is 0 Å². The van der Waals surface area contributed by atoms with Crippen LogP contribution < -0.4 is 10.9 Å². The molecule has 27 heavy (non-hydrogen) atoms. The first kappa shape index (κ1) is 19.5. The molecule has 1 aliphatic carbocycles. The van der Waals surface area contributed by atoms with Crippen LogP contribution in [0.1, 0.15) is 44.1 Å². The first-order valence-electron chi connectivity index (χ1n) is 9.20. The van der Waals surface area contributed by atoms with Crippen LogP contribution in [0.15, 0.2) is 11.1 Å². The Balaban J connectivity index is 1.76. The fourth-order valence-electron chi connectivity index (χ4n) is 3.32. The van der Waals surface area contributed by atoms with Crippen molar-refractivity contribution in [2.75, 3.05) is 13.6 Å². The van der Waals surface area contributed by atoms with E-state index in [1.54, 1.807) is 18.4 Å². The molecule has 2 aromatic rings. The van der Waals surface area contributed by atoms with E-state index in [0.29, 0.717) is 5.39 Å². The second-order valence-corrected chi connectivity index (χ2v) is 9.20. The van der Waals surface area contributed by atoms with Gasteiger partial charge in [-0.1, -0.05) is 0 Å². The Labute approximate surface area is 162 Å². The van der Waals surface area contributed by atoms with Crippen molar-refractivity contribution in [1.82, 2.24) is 19.8 Å². The van der Waals surface area contributed by atoms with Crippen molar-refractivity contribution in [2.45, 2.75) is 58.5 Å². The molecule has 0 fully saturated rings. The standard InChI is InChI=1S/C19H26N4O3S/c1-19(2,3)21-14(24)9-22(4)15(25)10-23-11-20-17-16(18(23)26)12-7-5-6-8-13(12)27-17/h11H,5-10H2,1-4H3,(H,21,24). The van der Waals surface area contributed by atoms with Crippen molar-refractivity contribution in [1.29, 1.82) is 0 Å². The summed E-state index contributed by atoms with van der Waals surface area (Å²) in [5.41, 5.74) is 0.587. The molecule has 2 aromatic heterocycles. The van der Waals surface area contributed by atoms with Crippen molar-refractivity contribution in [3.05, 3.63) is 27.1 Å². The molecule has 0 aliphatic heterocycles. The largest absolute Gasteiger partial charge is 0.350 e. The summed E-state index contributed by atoms with van der Waals surface area (Å²) in [5.74, 6) is -0.530. The fourth-order valence-corrected chi connectivity index (χ4v) is 4.54. The number of rotatable bonds is 4. The molecule has 0 bridgehead atoms. The second kappa shape index (κ2) is 7.42. The zero-order chi connectivity index (χ0) is 19.8. The van der Waals surface area contributed by atoms with E-state index in [-0.39, 0.29) is 36.0 Å². The molecule has 0 saturated heterocycles. The summed E-state index contributed by atoms with van der Waals surface area (Å²) in [6, 6.07) is 0. The van der Waals surface area contributed by atoms with Crippen LogP contribution in [0.3, 0.4) is 0 Å². The van der Waals surface area contributed by atoms with Gasteiger partial charge in [-0.15, -0.1) is 11.3 Å². The summed E-state index contributed by atoms with van der Waals surface area (Å²) in [5, 5.41) is 3.49. The van der Waals surface area contributed by atoms with Gasteiger partial charge in [-0.2, -0.15) is 0 Å². The number of hydrogen-bond acceptors (Lipinski definition) is 5. The van der Waals surface area contributed by atoms with Crippen LogP contribution in [0.4, 0.5) is 0 Å². The number of thiophene rings is 1. The van der Waals surface area contributed by atoms with E-state index in [1.807, 2.05) is 20.8 Å². The van der Waals surface area contributed by atoms with E-state index >= 15 is 0 Å². The lowest BCUT2D eigenvalue weighted by Gasteiger charge is -2.23. The molecule has 1 aliphatic rings. The third kappa shape index (κ3) is 4.37. The van der Waals surface area contributed by atoms with Crippen LogP contribution in [0.2, 0.25) is 0 Å². The Morgan fingerprint density at radius 3 is 2.70 bits per heavy atom. The molecule has 0 spiro atoms. The lowest BCUT2D eigenvalue weighted by Crippen LogP contribution is -2.47. The van der Waals surface area contributed by atoms with Crippen LogP contribution in [0, 0.1) is 0 Å². The number of aromatic nitrogens is 2. The van der Waals surface area contributed by atoms with Gasteiger partial charge in [0, 0.05) is 17.5 Å². The van der Waals surface area contributed by atoms with Gasteiger partial charge in [0.05, 0.1) is 18.3 Å². The average Bonchev–Trinajstić information content (AvgIpc) is 2.94. The lowest BCUT2D eigenvalue weighted by atomic mass is 9.97. The molecule has 2 heterocycles. The van der Waals surface area contributed by atoms with Gasteiger partial charge in [0.2, 0.25) is 11.8 Å². The smallest absolute Gasteiger partial charge is 0.262 e. The van der Waals surface area contributed by atoms with E-state index in [2.05, 4.69) is 10.3 Å². The molecule has 2 amide bonds. The summed E-state index contributed by atoms with van der Waals surface area (Å²) >= 11 is 1.59. The highest BCUT2D eigenvalue weighted by atomic mass is 32.1. The van der Waals surface area contributed by atoms with E-state index in [9.17, 15) is 14.4 Å². The zero-order valence-electron chi connectivity index (χ0n) is 16.3. The Hall–Kier alpha value is -2.22. The molecule has 1 N–H and O–H groups in total. The van der Waals surface area contributed by atoms with Gasteiger partial charge in [-0.05, 0) is 52.0 Å². The average molecular weight is 391 g/mol. The van der Waals surface area contributed by atoms with Gasteiger partial charge in [0.1, 0.15) is 11.4 Å². The number of amides is 2. The third-order valence-electron chi connectivity index (χ3n) is 4.57. The number of hydrogen-bond donors (Lipinski definition) is 1. The van der Waals surface area contributed by atoms with Gasteiger partial charge < -0.3 is 10.2 Å². The summed E-state index contributed by atoms with van der Waals surface area (Å²) in [7, 11) is 1.56. The topological polar surface area (TPSA) is 84.3 Å². The predicted molar refractivity (Wildman–Crippen MR) is 106 cm³/mol. The Morgan fingerprint density at radius 1 is 1.30 bits per heavy atom. The highest BCUT2D eigenvalue weighted by Crippen LogP contribution is 2.33. The van der Waals surface area contributed by atoms with Gasteiger partial charge in [-0.25, -0.2) is 4.98 Å². The minimum absolute atomic E-state index is 0.0472. The molecule has 146 valence electrons. The predicted octanol–water partition coefficient (Wildman–Crippen LogP) is 1.71. The van der Waals surface area contributed by atoms with Gasteiger partial charge in [-0.3, -0.25) is 19.0 Å².